The Balaban J connectivity index is 3.02. The largest absolute Gasteiger partial charge is 0.347 e. The third-order valence-corrected chi connectivity index (χ3v) is 3.00. The molecule has 0 radical (unpaired) electrons. The van der Waals surface area contributed by atoms with Crippen LogP contribution in [0, 0.1) is 0 Å². The molecule has 0 bridgehead atoms. The Morgan fingerprint density at radius 2 is 1.67 bits per heavy atom. The zero-order chi connectivity index (χ0) is 11.6. The highest BCUT2D eigenvalue weighted by Gasteiger charge is 2.19. The maximum Gasteiger partial charge on any atom is 0.253 e. The molecule has 0 aromatic heterocycles. The van der Waals surface area contributed by atoms with Crippen LogP contribution in [0.5, 0.6) is 0 Å². The molecule has 1 N–H and O–H groups in total. The SMILES string of the molecule is CC(C)(C)NC(=O)c1c(Br)cccc1Br. The maximum absolute atomic E-state index is 11.9. The second kappa shape index (κ2) is 4.66. The average Bonchev–Trinajstić information content (AvgIpc) is 1.99. The van der Waals surface area contributed by atoms with E-state index in [2.05, 4.69) is 37.2 Å². The number of halogens is 2. The molecule has 0 aliphatic carbocycles. The van der Waals surface area contributed by atoms with Crippen LogP contribution < -0.4 is 5.32 Å². The van der Waals surface area contributed by atoms with Crippen LogP contribution in [0.15, 0.2) is 27.1 Å². The second-order valence-corrected chi connectivity index (χ2v) is 6.01. The molecular weight excluding hydrogens is 322 g/mol. The lowest BCUT2D eigenvalue weighted by atomic mass is 10.1. The van der Waals surface area contributed by atoms with Crippen molar-refractivity contribution in [2.45, 2.75) is 26.3 Å². The molecule has 15 heavy (non-hydrogen) atoms. The summed E-state index contributed by atoms with van der Waals surface area (Å²) < 4.78 is 1.58. The van der Waals surface area contributed by atoms with E-state index in [-0.39, 0.29) is 11.4 Å². The Hall–Kier alpha value is -0.350. The predicted octanol–water partition coefficient (Wildman–Crippen LogP) is 3.74. The second-order valence-electron chi connectivity index (χ2n) is 4.30. The van der Waals surface area contributed by atoms with Gasteiger partial charge in [0.25, 0.3) is 5.91 Å². The standard InChI is InChI=1S/C11H13Br2NO/c1-11(2,3)14-10(15)9-7(12)5-4-6-8(9)13/h4-6H,1-3H3,(H,14,15). The van der Waals surface area contributed by atoms with Crippen LogP contribution in [0.25, 0.3) is 0 Å². The van der Waals surface area contributed by atoms with Crippen molar-refractivity contribution >= 4 is 37.8 Å². The topological polar surface area (TPSA) is 29.1 Å². The van der Waals surface area contributed by atoms with Crippen molar-refractivity contribution < 1.29 is 4.79 Å². The van der Waals surface area contributed by atoms with Gasteiger partial charge < -0.3 is 5.32 Å². The van der Waals surface area contributed by atoms with Gasteiger partial charge in [0.1, 0.15) is 0 Å². The molecule has 1 aromatic rings. The molecule has 0 aliphatic rings. The van der Waals surface area contributed by atoms with E-state index < -0.39 is 0 Å². The average molecular weight is 335 g/mol. The fourth-order valence-electron chi connectivity index (χ4n) is 1.12. The summed E-state index contributed by atoms with van der Waals surface area (Å²) in [6, 6.07) is 5.58. The summed E-state index contributed by atoms with van der Waals surface area (Å²) in [5.41, 5.74) is 0.402. The van der Waals surface area contributed by atoms with Crippen molar-refractivity contribution in [3.63, 3.8) is 0 Å². The van der Waals surface area contributed by atoms with Gasteiger partial charge in [0, 0.05) is 14.5 Å². The van der Waals surface area contributed by atoms with Crippen LogP contribution in [-0.2, 0) is 0 Å². The highest BCUT2D eigenvalue weighted by molar-refractivity contribution is 9.11. The Labute approximate surface area is 107 Å². The Bertz CT molecular complexity index is 362. The van der Waals surface area contributed by atoms with Gasteiger partial charge in [-0.2, -0.15) is 0 Å². The van der Waals surface area contributed by atoms with E-state index in [1.165, 1.54) is 0 Å². The smallest absolute Gasteiger partial charge is 0.253 e. The molecule has 0 saturated heterocycles. The molecular formula is C11H13Br2NO. The highest BCUT2D eigenvalue weighted by atomic mass is 79.9. The molecule has 1 aromatic carbocycles. The van der Waals surface area contributed by atoms with E-state index in [1.807, 2.05) is 39.0 Å². The summed E-state index contributed by atoms with van der Waals surface area (Å²) in [7, 11) is 0. The minimum absolute atomic E-state index is 0.0816. The van der Waals surface area contributed by atoms with E-state index >= 15 is 0 Å². The number of benzene rings is 1. The van der Waals surface area contributed by atoms with E-state index in [9.17, 15) is 4.79 Å². The first-order valence-corrected chi connectivity index (χ1v) is 6.16. The lowest BCUT2D eigenvalue weighted by molar-refractivity contribution is 0.0918. The summed E-state index contributed by atoms with van der Waals surface area (Å²) >= 11 is 6.73. The van der Waals surface area contributed by atoms with Gasteiger partial charge in [0.05, 0.1) is 5.56 Å². The van der Waals surface area contributed by atoms with Crippen molar-refractivity contribution in [3.05, 3.63) is 32.7 Å². The maximum atomic E-state index is 11.9. The molecule has 1 rings (SSSR count). The molecule has 0 aliphatic heterocycles. The van der Waals surface area contributed by atoms with Gasteiger partial charge in [-0.15, -0.1) is 0 Å². The van der Waals surface area contributed by atoms with E-state index in [0.717, 1.165) is 8.95 Å². The Kier molecular flexibility index (Phi) is 3.95. The fourth-order valence-corrected chi connectivity index (χ4v) is 2.48. The van der Waals surface area contributed by atoms with Gasteiger partial charge >= 0.3 is 0 Å². The van der Waals surface area contributed by atoms with Gasteiger partial charge in [0.15, 0.2) is 0 Å². The van der Waals surface area contributed by atoms with Gasteiger partial charge in [-0.25, -0.2) is 0 Å². The van der Waals surface area contributed by atoms with Crippen molar-refractivity contribution in [3.8, 4) is 0 Å². The summed E-state index contributed by atoms with van der Waals surface area (Å²) in [6.45, 7) is 5.86. The summed E-state index contributed by atoms with van der Waals surface area (Å²) in [5, 5.41) is 2.92. The summed E-state index contributed by atoms with van der Waals surface area (Å²) in [4.78, 5) is 11.9. The Morgan fingerprint density at radius 1 is 1.20 bits per heavy atom. The molecule has 2 nitrogen and oxygen atoms in total. The van der Waals surface area contributed by atoms with Crippen molar-refractivity contribution in [1.82, 2.24) is 5.32 Å². The normalized spacial score (nSPS) is 11.3. The van der Waals surface area contributed by atoms with Crippen LogP contribution in [0.4, 0.5) is 0 Å². The first-order chi connectivity index (χ1) is 6.81. The fraction of sp³-hybridized carbons (Fsp3) is 0.364. The zero-order valence-electron chi connectivity index (χ0n) is 8.90. The third kappa shape index (κ3) is 3.61. The first kappa shape index (κ1) is 12.7. The lowest BCUT2D eigenvalue weighted by Crippen LogP contribution is -2.40. The lowest BCUT2D eigenvalue weighted by Gasteiger charge is -2.21. The molecule has 4 heteroatoms. The van der Waals surface area contributed by atoms with Crippen LogP contribution in [-0.4, -0.2) is 11.4 Å². The number of hydrogen-bond acceptors (Lipinski definition) is 1. The quantitative estimate of drug-likeness (QED) is 0.832. The summed E-state index contributed by atoms with van der Waals surface area (Å²) in [5.74, 6) is -0.0816. The molecule has 0 fully saturated rings. The molecule has 0 spiro atoms. The van der Waals surface area contributed by atoms with Crippen LogP contribution >= 0.6 is 31.9 Å². The number of amides is 1. The number of carbonyl (C=O) groups is 1. The monoisotopic (exact) mass is 333 g/mol. The summed E-state index contributed by atoms with van der Waals surface area (Å²) in [6.07, 6.45) is 0. The molecule has 1 amide bonds. The molecule has 0 saturated carbocycles. The van der Waals surface area contributed by atoms with Gasteiger partial charge in [0.2, 0.25) is 0 Å². The number of hydrogen-bond donors (Lipinski definition) is 1. The van der Waals surface area contributed by atoms with Crippen LogP contribution in [0.3, 0.4) is 0 Å². The minimum Gasteiger partial charge on any atom is -0.347 e. The van der Waals surface area contributed by atoms with Crippen LogP contribution in [0.1, 0.15) is 31.1 Å². The van der Waals surface area contributed by atoms with E-state index in [0.29, 0.717) is 5.56 Å². The van der Waals surface area contributed by atoms with Crippen LogP contribution in [0.2, 0.25) is 0 Å². The molecule has 0 atom stereocenters. The van der Waals surface area contributed by atoms with Gasteiger partial charge in [-0.3, -0.25) is 4.79 Å². The number of rotatable bonds is 1. The molecule has 0 unspecified atom stereocenters. The predicted molar refractivity (Wildman–Crippen MR) is 69.1 cm³/mol. The number of nitrogens with one attached hydrogen (secondary N) is 1. The van der Waals surface area contributed by atoms with Crippen molar-refractivity contribution in [2.24, 2.45) is 0 Å². The highest BCUT2D eigenvalue weighted by Crippen LogP contribution is 2.25. The Morgan fingerprint density at radius 3 is 2.07 bits per heavy atom. The van der Waals surface area contributed by atoms with Gasteiger partial charge in [-0.1, -0.05) is 6.07 Å². The van der Waals surface area contributed by atoms with Crippen molar-refractivity contribution in [1.29, 1.82) is 0 Å². The van der Waals surface area contributed by atoms with E-state index in [4.69, 9.17) is 0 Å². The van der Waals surface area contributed by atoms with E-state index in [1.54, 1.807) is 0 Å². The molecule has 82 valence electrons. The number of carbonyl (C=O) groups excluding carboxylic acids is 1. The van der Waals surface area contributed by atoms with Gasteiger partial charge in [-0.05, 0) is 64.8 Å². The zero-order valence-corrected chi connectivity index (χ0v) is 12.1. The third-order valence-electron chi connectivity index (χ3n) is 1.68. The first-order valence-electron chi connectivity index (χ1n) is 4.58. The minimum atomic E-state index is -0.230. The molecule has 0 heterocycles. The van der Waals surface area contributed by atoms with Crippen molar-refractivity contribution in [2.75, 3.05) is 0 Å².